The van der Waals surface area contributed by atoms with Gasteiger partial charge in [-0.2, -0.15) is 0 Å². The van der Waals surface area contributed by atoms with Crippen LogP contribution in [0.4, 0.5) is 11.4 Å². The van der Waals surface area contributed by atoms with E-state index in [2.05, 4.69) is 10.3 Å². The van der Waals surface area contributed by atoms with Gasteiger partial charge in [-0.3, -0.25) is 14.9 Å². The number of anilines is 1. The molecule has 0 aliphatic carbocycles. The van der Waals surface area contributed by atoms with E-state index in [-0.39, 0.29) is 17.6 Å². The Hall–Kier alpha value is -2.91. The first-order chi connectivity index (χ1) is 14.5. The van der Waals surface area contributed by atoms with E-state index < -0.39 is 4.92 Å². The van der Waals surface area contributed by atoms with E-state index in [1.54, 1.807) is 17.0 Å². The van der Waals surface area contributed by atoms with Gasteiger partial charge in [-0.15, -0.1) is 11.3 Å². The van der Waals surface area contributed by atoms with Crippen LogP contribution < -0.4 is 5.32 Å². The highest BCUT2D eigenvalue weighted by Gasteiger charge is 2.28. The second-order valence-electron chi connectivity index (χ2n) is 7.04. The van der Waals surface area contributed by atoms with Crippen molar-refractivity contribution in [1.29, 1.82) is 0 Å². The molecule has 0 bridgehead atoms. The van der Waals surface area contributed by atoms with Crippen LogP contribution in [0.15, 0.2) is 63.1 Å². The Kier molecular flexibility index (Phi) is 6.01. The first kappa shape index (κ1) is 20.4. The third-order valence-electron chi connectivity index (χ3n) is 4.82. The summed E-state index contributed by atoms with van der Waals surface area (Å²) in [5.41, 5.74) is 2.16. The van der Waals surface area contributed by atoms with Gasteiger partial charge in [0.05, 0.1) is 9.82 Å². The highest BCUT2D eigenvalue weighted by molar-refractivity contribution is 8.01. The first-order valence-corrected chi connectivity index (χ1v) is 11.2. The molecule has 2 aromatic carbocycles. The fourth-order valence-electron chi connectivity index (χ4n) is 3.37. The number of nitro groups is 1. The molecule has 7 nitrogen and oxygen atoms in total. The Morgan fingerprint density at radius 1 is 1.30 bits per heavy atom. The Balaban J connectivity index is 1.47. The number of benzene rings is 2. The lowest BCUT2D eigenvalue weighted by atomic mass is 10.2. The highest BCUT2D eigenvalue weighted by atomic mass is 32.2. The van der Waals surface area contributed by atoms with Crippen molar-refractivity contribution in [1.82, 2.24) is 9.88 Å². The monoisotopic (exact) mass is 440 g/mol. The highest BCUT2D eigenvalue weighted by Crippen LogP contribution is 2.37. The Morgan fingerprint density at radius 3 is 2.80 bits per heavy atom. The van der Waals surface area contributed by atoms with Crippen LogP contribution in [0.25, 0.3) is 0 Å². The summed E-state index contributed by atoms with van der Waals surface area (Å²) in [6, 6.07) is 14.7. The summed E-state index contributed by atoms with van der Waals surface area (Å²) in [7, 11) is 0. The number of carbonyl (C=O) groups excluding carboxylic acids is 1. The minimum Gasteiger partial charge on any atom is -0.380 e. The van der Waals surface area contributed by atoms with Crippen molar-refractivity contribution in [2.45, 2.75) is 28.6 Å². The summed E-state index contributed by atoms with van der Waals surface area (Å²) >= 11 is 2.69. The third-order valence-corrected chi connectivity index (χ3v) is 6.94. The maximum atomic E-state index is 13.0. The minimum atomic E-state index is -0.441. The van der Waals surface area contributed by atoms with Gasteiger partial charge in [0.2, 0.25) is 0 Å². The van der Waals surface area contributed by atoms with Gasteiger partial charge in [0, 0.05) is 47.5 Å². The number of hydrogen-bond acceptors (Lipinski definition) is 7. The molecule has 4 rings (SSSR count). The summed E-state index contributed by atoms with van der Waals surface area (Å²) in [5.74, 6) is -0.183. The zero-order valence-electron chi connectivity index (χ0n) is 16.3. The van der Waals surface area contributed by atoms with Crippen molar-refractivity contribution in [2.24, 2.45) is 0 Å². The van der Waals surface area contributed by atoms with Crippen molar-refractivity contribution >= 4 is 40.4 Å². The topological polar surface area (TPSA) is 88.4 Å². The number of nitrogens with one attached hydrogen (secondary N) is 1. The summed E-state index contributed by atoms with van der Waals surface area (Å²) in [4.78, 5) is 30.7. The molecule has 0 radical (unpaired) electrons. The van der Waals surface area contributed by atoms with Crippen LogP contribution in [0.2, 0.25) is 0 Å². The van der Waals surface area contributed by atoms with Crippen LogP contribution >= 0.6 is 23.1 Å². The molecular formula is C21H20N4O3S2. The fourth-order valence-corrected chi connectivity index (χ4v) is 5.25. The predicted molar refractivity (Wildman–Crippen MR) is 118 cm³/mol. The van der Waals surface area contributed by atoms with Gasteiger partial charge >= 0.3 is 0 Å². The van der Waals surface area contributed by atoms with Gasteiger partial charge in [-0.25, -0.2) is 4.98 Å². The van der Waals surface area contributed by atoms with Crippen LogP contribution in [-0.4, -0.2) is 39.8 Å². The van der Waals surface area contributed by atoms with E-state index in [1.807, 2.05) is 42.6 Å². The van der Waals surface area contributed by atoms with E-state index in [0.717, 1.165) is 22.1 Å². The largest absolute Gasteiger partial charge is 0.380 e. The van der Waals surface area contributed by atoms with Gasteiger partial charge in [0.1, 0.15) is 0 Å². The number of likely N-dealkylation sites (tertiary alicyclic amines) is 1. The Labute approximate surface area is 182 Å². The lowest BCUT2D eigenvalue weighted by Gasteiger charge is -2.18. The second-order valence-corrected chi connectivity index (χ2v) is 9.19. The SMILES string of the molecule is Cc1csc(Sc2ccc(C(=O)N3CCC(Nc4ccccc4)C3)cc2[N+](=O)[O-])n1. The zero-order chi connectivity index (χ0) is 21.1. The number of amides is 1. The zero-order valence-corrected chi connectivity index (χ0v) is 17.9. The van der Waals surface area contributed by atoms with Crippen LogP contribution in [0.3, 0.4) is 0 Å². The maximum Gasteiger partial charge on any atom is 0.284 e. The molecule has 9 heteroatoms. The number of para-hydroxylation sites is 1. The molecule has 1 unspecified atom stereocenters. The number of rotatable bonds is 6. The molecular weight excluding hydrogens is 420 g/mol. The van der Waals surface area contributed by atoms with E-state index in [0.29, 0.717) is 23.5 Å². The molecule has 1 atom stereocenters. The van der Waals surface area contributed by atoms with Crippen molar-refractivity contribution in [3.63, 3.8) is 0 Å². The van der Waals surface area contributed by atoms with Gasteiger partial charge in [0.15, 0.2) is 4.34 Å². The summed E-state index contributed by atoms with van der Waals surface area (Å²) < 4.78 is 0.740. The number of hydrogen-bond donors (Lipinski definition) is 1. The van der Waals surface area contributed by atoms with E-state index in [4.69, 9.17) is 0 Å². The van der Waals surface area contributed by atoms with Crippen molar-refractivity contribution in [3.8, 4) is 0 Å². The molecule has 154 valence electrons. The predicted octanol–water partition coefficient (Wildman–Crippen LogP) is 4.84. The number of nitrogens with zero attached hydrogens (tertiary/aromatic N) is 3. The molecule has 1 amide bonds. The van der Waals surface area contributed by atoms with Gasteiger partial charge in [-0.1, -0.05) is 30.0 Å². The molecule has 2 heterocycles. The number of aryl methyl sites for hydroxylation is 1. The summed E-state index contributed by atoms with van der Waals surface area (Å²) in [6.45, 7) is 3.06. The first-order valence-electron chi connectivity index (χ1n) is 9.49. The van der Waals surface area contributed by atoms with Gasteiger partial charge in [0.25, 0.3) is 11.6 Å². The normalized spacial score (nSPS) is 15.9. The number of thiazole rings is 1. The second kappa shape index (κ2) is 8.85. The number of aromatic nitrogens is 1. The fraction of sp³-hybridized carbons (Fsp3) is 0.238. The van der Waals surface area contributed by atoms with Crippen LogP contribution in [0.5, 0.6) is 0 Å². The Bertz CT molecular complexity index is 1070. The molecule has 0 spiro atoms. The maximum absolute atomic E-state index is 13.0. The number of nitro benzene ring substituents is 1. The Morgan fingerprint density at radius 2 is 2.10 bits per heavy atom. The van der Waals surface area contributed by atoms with E-state index >= 15 is 0 Å². The standard InChI is InChI=1S/C21H20N4O3S2/c1-14-13-29-21(22-14)30-19-8-7-15(11-18(19)25(27)28)20(26)24-10-9-17(12-24)23-16-5-3-2-4-6-16/h2-8,11,13,17,23H,9-10,12H2,1H3. The smallest absolute Gasteiger partial charge is 0.284 e. The summed E-state index contributed by atoms with van der Waals surface area (Å²) in [6.07, 6.45) is 0.833. The molecule has 1 saturated heterocycles. The lowest BCUT2D eigenvalue weighted by Crippen LogP contribution is -2.31. The molecule has 1 fully saturated rings. The molecule has 0 saturated carbocycles. The minimum absolute atomic E-state index is 0.0724. The van der Waals surface area contributed by atoms with Crippen molar-refractivity contribution in [3.05, 3.63) is 75.3 Å². The van der Waals surface area contributed by atoms with Crippen molar-refractivity contribution < 1.29 is 9.72 Å². The lowest BCUT2D eigenvalue weighted by molar-refractivity contribution is -0.387. The molecule has 1 aliphatic heterocycles. The van der Waals surface area contributed by atoms with Crippen LogP contribution in [0, 0.1) is 17.0 Å². The summed E-state index contributed by atoms with van der Waals surface area (Å²) in [5, 5.41) is 16.9. The van der Waals surface area contributed by atoms with Crippen LogP contribution in [-0.2, 0) is 0 Å². The molecule has 30 heavy (non-hydrogen) atoms. The molecule has 1 aromatic heterocycles. The molecule has 1 aliphatic rings. The third kappa shape index (κ3) is 4.63. The van der Waals surface area contributed by atoms with Gasteiger partial charge in [-0.05, 0) is 37.6 Å². The molecule has 1 N–H and O–H groups in total. The number of carbonyl (C=O) groups is 1. The van der Waals surface area contributed by atoms with E-state index in [9.17, 15) is 14.9 Å². The van der Waals surface area contributed by atoms with Gasteiger partial charge < -0.3 is 10.2 Å². The van der Waals surface area contributed by atoms with E-state index in [1.165, 1.54) is 29.2 Å². The average molecular weight is 441 g/mol. The average Bonchev–Trinajstić information content (AvgIpc) is 3.37. The molecule has 3 aromatic rings. The van der Waals surface area contributed by atoms with Crippen LogP contribution in [0.1, 0.15) is 22.5 Å². The quantitative estimate of drug-likeness (QED) is 0.436. The van der Waals surface area contributed by atoms with Crippen molar-refractivity contribution in [2.75, 3.05) is 18.4 Å².